The topological polar surface area (TPSA) is 92.7 Å². The van der Waals surface area contributed by atoms with Gasteiger partial charge in [0, 0.05) is 35.3 Å². The minimum Gasteiger partial charge on any atom is -0.479 e. The number of carboxylic acid groups (broad SMARTS) is 1. The Labute approximate surface area is 133 Å². The summed E-state index contributed by atoms with van der Waals surface area (Å²) in [5.41, 5.74) is -0.864. The number of hydrogen-bond donors (Lipinski definition) is 2. The molecule has 7 heteroatoms. The third kappa shape index (κ3) is 4.64. The van der Waals surface area contributed by atoms with Crippen LogP contribution in [-0.2, 0) is 14.3 Å². The van der Waals surface area contributed by atoms with Gasteiger partial charge in [-0.15, -0.1) is 11.3 Å². The summed E-state index contributed by atoms with van der Waals surface area (Å²) in [4.78, 5) is 37.1. The van der Waals surface area contributed by atoms with Gasteiger partial charge in [0.15, 0.2) is 11.3 Å². The Morgan fingerprint density at radius 1 is 1.32 bits per heavy atom. The Morgan fingerprint density at radius 3 is 2.41 bits per heavy atom. The van der Waals surface area contributed by atoms with Gasteiger partial charge in [0.2, 0.25) is 5.91 Å². The molecule has 0 saturated carbocycles. The molecule has 0 saturated heterocycles. The fourth-order valence-corrected chi connectivity index (χ4v) is 3.02. The molecule has 1 aromatic heterocycles. The molecule has 0 aliphatic carbocycles. The number of nitrogens with one attached hydrogen (secondary N) is 1. The molecule has 2 N–H and O–H groups in total. The standard InChI is InChI=1S/C15H21NO5S/c1-9-7-11(10(2)22-9)12(17)5-6-13(18)16-15(3,8-21-4)14(19)20/h7H,5-6,8H2,1-4H3,(H,16,18)(H,19,20). The highest BCUT2D eigenvalue weighted by atomic mass is 32.1. The quantitative estimate of drug-likeness (QED) is 0.712. The van der Waals surface area contributed by atoms with E-state index in [9.17, 15) is 14.4 Å². The first kappa shape index (κ1) is 18.3. The number of amides is 1. The fourth-order valence-electron chi connectivity index (χ4n) is 2.08. The molecule has 1 aromatic rings. The summed E-state index contributed by atoms with van der Waals surface area (Å²) in [7, 11) is 1.36. The number of carbonyl (C=O) groups is 3. The van der Waals surface area contributed by atoms with E-state index in [4.69, 9.17) is 9.84 Å². The number of methoxy groups -OCH3 is 1. The summed E-state index contributed by atoms with van der Waals surface area (Å²) >= 11 is 1.54. The average Bonchev–Trinajstić information content (AvgIpc) is 2.75. The largest absolute Gasteiger partial charge is 0.479 e. The van der Waals surface area contributed by atoms with Crippen LogP contribution in [0.3, 0.4) is 0 Å². The van der Waals surface area contributed by atoms with Crippen LogP contribution in [0.25, 0.3) is 0 Å². The fraction of sp³-hybridized carbons (Fsp3) is 0.533. The van der Waals surface area contributed by atoms with Gasteiger partial charge in [0.05, 0.1) is 6.61 Å². The first-order chi connectivity index (χ1) is 10.2. The smallest absolute Gasteiger partial charge is 0.331 e. The van der Waals surface area contributed by atoms with Crippen LogP contribution in [-0.4, -0.2) is 42.0 Å². The maximum absolute atomic E-state index is 12.1. The molecule has 0 spiro atoms. The third-order valence-corrected chi connectivity index (χ3v) is 4.21. The van der Waals surface area contributed by atoms with E-state index in [-0.39, 0.29) is 25.2 Å². The van der Waals surface area contributed by atoms with Crippen molar-refractivity contribution >= 4 is 29.0 Å². The van der Waals surface area contributed by atoms with Gasteiger partial charge in [-0.1, -0.05) is 0 Å². The molecule has 0 aromatic carbocycles. The minimum atomic E-state index is -1.50. The van der Waals surface area contributed by atoms with Crippen LogP contribution in [0.15, 0.2) is 6.07 Å². The van der Waals surface area contributed by atoms with E-state index in [1.165, 1.54) is 25.4 Å². The number of aryl methyl sites for hydroxylation is 2. The van der Waals surface area contributed by atoms with Gasteiger partial charge in [0.1, 0.15) is 0 Å². The molecule has 22 heavy (non-hydrogen) atoms. The summed E-state index contributed by atoms with van der Waals surface area (Å²) in [6.07, 6.45) is -0.00865. The zero-order valence-corrected chi connectivity index (χ0v) is 14.0. The molecule has 1 unspecified atom stereocenters. The van der Waals surface area contributed by atoms with E-state index >= 15 is 0 Å². The van der Waals surface area contributed by atoms with E-state index in [0.29, 0.717) is 5.56 Å². The lowest BCUT2D eigenvalue weighted by atomic mass is 10.0. The monoisotopic (exact) mass is 327 g/mol. The molecule has 1 atom stereocenters. The maximum atomic E-state index is 12.1. The van der Waals surface area contributed by atoms with Crippen molar-refractivity contribution < 1.29 is 24.2 Å². The molecule has 0 bridgehead atoms. The molecule has 0 fully saturated rings. The van der Waals surface area contributed by atoms with Crippen LogP contribution in [0.5, 0.6) is 0 Å². The van der Waals surface area contributed by atoms with Crippen LogP contribution in [0, 0.1) is 13.8 Å². The number of hydrogen-bond acceptors (Lipinski definition) is 5. The number of ether oxygens (including phenoxy) is 1. The van der Waals surface area contributed by atoms with Gasteiger partial charge in [0.25, 0.3) is 0 Å². The van der Waals surface area contributed by atoms with Gasteiger partial charge < -0.3 is 15.2 Å². The van der Waals surface area contributed by atoms with Gasteiger partial charge >= 0.3 is 5.97 Å². The predicted molar refractivity (Wildman–Crippen MR) is 83.4 cm³/mol. The molecule has 6 nitrogen and oxygen atoms in total. The molecular weight excluding hydrogens is 306 g/mol. The second-order valence-electron chi connectivity index (χ2n) is 5.37. The van der Waals surface area contributed by atoms with Crippen LogP contribution < -0.4 is 5.32 Å². The van der Waals surface area contributed by atoms with Crippen molar-refractivity contribution in [3.63, 3.8) is 0 Å². The van der Waals surface area contributed by atoms with Crippen molar-refractivity contribution in [1.29, 1.82) is 0 Å². The van der Waals surface area contributed by atoms with Crippen molar-refractivity contribution in [3.8, 4) is 0 Å². The minimum absolute atomic E-state index is 0.0472. The number of thiophene rings is 1. The zero-order chi connectivity index (χ0) is 16.9. The van der Waals surface area contributed by atoms with Crippen molar-refractivity contribution in [3.05, 3.63) is 21.4 Å². The maximum Gasteiger partial charge on any atom is 0.331 e. The van der Waals surface area contributed by atoms with E-state index in [1.54, 1.807) is 0 Å². The number of carboxylic acids is 1. The highest BCUT2D eigenvalue weighted by Gasteiger charge is 2.34. The molecule has 1 amide bonds. The Morgan fingerprint density at radius 2 is 1.95 bits per heavy atom. The molecule has 0 aliphatic heterocycles. The van der Waals surface area contributed by atoms with E-state index in [0.717, 1.165) is 9.75 Å². The predicted octanol–water partition coefficient (Wildman–Crippen LogP) is 1.93. The Balaban J connectivity index is 2.61. The number of rotatable bonds is 8. The van der Waals surface area contributed by atoms with Gasteiger partial charge in [-0.3, -0.25) is 9.59 Å². The summed E-state index contributed by atoms with van der Waals surface area (Å²) < 4.78 is 4.82. The van der Waals surface area contributed by atoms with Gasteiger partial charge in [-0.25, -0.2) is 4.79 Å². The Bertz CT molecular complexity index is 580. The first-order valence-electron chi connectivity index (χ1n) is 6.83. The normalized spacial score (nSPS) is 13.5. The lowest BCUT2D eigenvalue weighted by Gasteiger charge is -2.25. The highest BCUT2D eigenvalue weighted by molar-refractivity contribution is 7.12. The second-order valence-corrected chi connectivity index (χ2v) is 6.83. The zero-order valence-electron chi connectivity index (χ0n) is 13.2. The summed E-state index contributed by atoms with van der Waals surface area (Å²) in [5, 5.41) is 11.6. The van der Waals surface area contributed by atoms with Gasteiger partial charge in [-0.05, 0) is 26.8 Å². The molecule has 0 aliphatic rings. The van der Waals surface area contributed by atoms with Crippen LogP contribution in [0.2, 0.25) is 0 Å². The first-order valence-corrected chi connectivity index (χ1v) is 7.65. The van der Waals surface area contributed by atoms with Crippen molar-refractivity contribution in [2.24, 2.45) is 0 Å². The third-order valence-electron chi connectivity index (χ3n) is 3.24. The lowest BCUT2D eigenvalue weighted by Crippen LogP contribution is -2.55. The van der Waals surface area contributed by atoms with Crippen LogP contribution >= 0.6 is 11.3 Å². The van der Waals surface area contributed by atoms with E-state index in [1.807, 2.05) is 19.9 Å². The van der Waals surface area contributed by atoms with Gasteiger partial charge in [-0.2, -0.15) is 0 Å². The van der Waals surface area contributed by atoms with Crippen LogP contribution in [0.4, 0.5) is 0 Å². The van der Waals surface area contributed by atoms with Crippen molar-refractivity contribution in [2.45, 2.75) is 39.2 Å². The number of aliphatic carboxylic acids is 1. The average molecular weight is 327 g/mol. The van der Waals surface area contributed by atoms with Crippen LogP contribution in [0.1, 0.15) is 39.9 Å². The second kappa shape index (κ2) is 7.51. The summed E-state index contributed by atoms with van der Waals surface area (Å²) in [6.45, 7) is 5.01. The van der Waals surface area contributed by atoms with Crippen molar-refractivity contribution in [2.75, 3.05) is 13.7 Å². The Hall–Kier alpha value is -1.73. The summed E-state index contributed by atoms with van der Waals surface area (Å²) in [5.74, 6) is -1.78. The van der Waals surface area contributed by atoms with Crippen molar-refractivity contribution in [1.82, 2.24) is 5.32 Å². The number of carbonyl (C=O) groups excluding carboxylic acids is 2. The van der Waals surface area contributed by atoms with E-state index < -0.39 is 17.4 Å². The molecule has 122 valence electrons. The molecule has 1 rings (SSSR count). The van der Waals surface area contributed by atoms with E-state index in [2.05, 4.69) is 5.32 Å². The lowest BCUT2D eigenvalue weighted by molar-refractivity contribution is -0.149. The highest BCUT2D eigenvalue weighted by Crippen LogP contribution is 2.22. The number of Topliss-reactive ketones (excluding diaryl/α,β-unsaturated/α-hetero) is 1. The summed E-state index contributed by atoms with van der Waals surface area (Å²) in [6, 6.07) is 1.81. The SMILES string of the molecule is COCC(C)(NC(=O)CCC(=O)c1cc(C)sc1C)C(=O)O. The Kier molecular flexibility index (Phi) is 6.25. The number of ketones is 1. The molecule has 0 radical (unpaired) electrons. The molecular formula is C15H21NO5S. The molecule has 1 heterocycles.